The lowest BCUT2D eigenvalue weighted by Gasteiger charge is -2.33. The van der Waals surface area contributed by atoms with Crippen LogP contribution in [-0.4, -0.2) is 37.5 Å². The number of amides is 1. The number of hydrogen-bond donors (Lipinski definition) is 1. The first-order chi connectivity index (χ1) is 8.31. The molecule has 0 unspecified atom stereocenters. The Hall–Kier alpha value is -0.830. The van der Waals surface area contributed by atoms with Gasteiger partial charge in [0.1, 0.15) is 0 Å². The van der Waals surface area contributed by atoms with E-state index in [1.165, 1.54) is 19.3 Å². The first-order valence-corrected chi connectivity index (χ1v) is 6.89. The second-order valence-electron chi connectivity index (χ2n) is 5.30. The summed E-state index contributed by atoms with van der Waals surface area (Å²) in [5.74, 6) is 1.46. The fourth-order valence-electron chi connectivity index (χ4n) is 2.87. The minimum atomic E-state index is 0.254. The average Bonchev–Trinajstić information content (AvgIpc) is 2.90. The van der Waals surface area contributed by atoms with E-state index < -0.39 is 0 Å². The third-order valence-electron chi connectivity index (χ3n) is 4.09. The molecule has 0 radical (unpaired) electrons. The molecule has 96 valence electrons. The Bertz CT molecular complexity index is 272. The van der Waals surface area contributed by atoms with E-state index >= 15 is 0 Å². The molecule has 17 heavy (non-hydrogen) atoms. The Morgan fingerprint density at radius 3 is 2.53 bits per heavy atom. The Labute approximate surface area is 104 Å². The van der Waals surface area contributed by atoms with E-state index in [-0.39, 0.29) is 5.92 Å². The molecule has 2 rings (SSSR count). The smallest absolute Gasteiger partial charge is 0.226 e. The molecule has 1 amide bonds. The van der Waals surface area contributed by atoms with Gasteiger partial charge in [-0.25, -0.2) is 0 Å². The number of rotatable bonds is 4. The minimum absolute atomic E-state index is 0.254. The first kappa shape index (κ1) is 12.6. The van der Waals surface area contributed by atoms with E-state index in [1.807, 2.05) is 7.05 Å². The molecule has 3 heteroatoms. The van der Waals surface area contributed by atoms with Crippen molar-refractivity contribution in [3.8, 4) is 0 Å². The number of nitrogens with zero attached hydrogens (tertiary/aromatic N) is 1. The molecule has 3 nitrogen and oxygen atoms in total. The topological polar surface area (TPSA) is 32.3 Å². The molecular weight excluding hydrogens is 212 g/mol. The highest BCUT2D eigenvalue weighted by Gasteiger charge is 2.28. The van der Waals surface area contributed by atoms with Gasteiger partial charge in [-0.05, 0) is 51.6 Å². The van der Waals surface area contributed by atoms with Crippen LogP contribution < -0.4 is 5.32 Å². The molecule has 1 heterocycles. The van der Waals surface area contributed by atoms with Crippen molar-refractivity contribution in [3.05, 3.63) is 12.2 Å². The van der Waals surface area contributed by atoms with Crippen LogP contribution in [0.15, 0.2) is 12.2 Å². The quantitative estimate of drug-likeness (QED) is 0.755. The average molecular weight is 236 g/mol. The molecule has 0 atom stereocenters. The van der Waals surface area contributed by atoms with Crippen molar-refractivity contribution in [2.24, 2.45) is 11.8 Å². The van der Waals surface area contributed by atoms with Gasteiger partial charge in [-0.2, -0.15) is 0 Å². The molecule has 0 aromatic carbocycles. The van der Waals surface area contributed by atoms with Crippen LogP contribution in [0.25, 0.3) is 0 Å². The molecule has 1 aliphatic carbocycles. The third-order valence-corrected chi connectivity index (χ3v) is 4.09. The normalized spacial score (nSPS) is 22.3. The monoisotopic (exact) mass is 236 g/mol. The lowest BCUT2D eigenvalue weighted by molar-refractivity contribution is -0.136. The zero-order valence-corrected chi connectivity index (χ0v) is 10.8. The molecule has 1 fully saturated rings. The Kier molecular flexibility index (Phi) is 4.60. The summed E-state index contributed by atoms with van der Waals surface area (Å²) in [5, 5.41) is 3.20. The fraction of sp³-hybridized carbons (Fsp3) is 0.786. The molecular formula is C14H24N2O. The molecule has 1 N–H and O–H groups in total. The maximum Gasteiger partial charge on any atom is 0.226 e. The summed E-state index contributed by atoms with van der Waals surface area (Å²) in [4.78, 5) is 14.3. The summed E-state index contributed by atoms with van der Waals surface area (Å²) in [5.41, 5.74) is 0. The van der Waals surface area contributed by atoms with Crippen LogP contribution in [0, 0.1) is 11.8 Å². The van der Waals surface area contributed by atoms with E-state index in [0.29, 0.717) is 5.91 Å². The largest absolute Gasteiger partial charge is 0.342 e. The Morgan fingerprint density at radius 1 is 1.29 bits per heavy atom. The van der Waals surface area contributed by atoms with Crippen LogP contribution in [0.3, 0.4) is 0 Å². The van der Waals surface area contributed by atoms with Gasteiger partial charge in [0.15, 0.2) is 0 Å². The number of hydrogen-bond acceptors (Lipinski definition) is 2. The Balaban J connectivity index is 1.72. The predicted octanol–water partition coefficient (Wildman–Crippen LogP) is 1.80. The van der Waals surface area contributed by atoms with Crippen LogP contribution in [-0.2, 0) is 4.79 Å². The highest BCUT2D eigenvalue weighted by molar-refractivity contribution is 5.79. The van der Waals surface area contributed by atoms with Crippen molar-refractivity contribution in [2.45, 2.75) is 32.1 Å². The molecule has 0 spiro atoms. The zero-order chi connectivity index (χ0) is 12.1. The standard InChI is InChI=1S/C14H24N2O/c1-15-9-6-12-7-10-16(11-8-12)14(17)13-4-2-3-5-13/h2-3,12-13,15H,4-11H2,1H3. The van der Waals surface area contributed by atoms with Crippen LogP contribution >= 0.6 is 0 Å². The molecule has 0 saturated carbocycles. The maximum atomic E-state index is 12.2. The van der Waals surface area contributed by atoms with Crippen molar-refractivity contribution in [2.75, 3.05) is 26.7 Å². The van der Waals surface area contributed by atoms with E-state index in [1.54, 1.807) is 0 Å². The van der Waals surface area contributed by atoms with Gasteiger partial charge in [-0.15, -0.1) is 0 Å². The van der Waals surface area contributed by atoms with Gasteiger partial charge in [0.25, 0.3) is 0 Å². The third kappa shape index (κ3) is 3.32. The summed E-state index contributed by atoms with van der Waals surface area (Å²) in [6.07, 6.45) is 9.83. The molecule has 0 bridgehead atoms. The summed E-state index contributed by atoms with van der Waals surface area (Å²) in [6, 6.07) is 0. The van der Waals surface area contributed by atoms with Crippen molar-refractivity contribution < 1.29 is 4.79 Å². The van der Waals surface area contributed by atoms with Crippen molar-refractivity contribution in [1.29, 1.82) is 0 Å². The number of nitrogens with one attached hydrogen (secondary N) is 1. The summed E-state index contributed by atoms with van der Waals surface area (Å²) in [7, 11) is 2.01. The van der Waals surface area contributed by atoms with E-state index in [9.17, 15) is 4.79 Å². The Morgan fingerprint density at radius 2 is 1.94 bits per heavy atom. The van der Waals surface area contributed by atoms with Crippen LogP contribution in [0.5, 0.6) is 0 Å². The maximum absolute atomic E-state index is 12.2. The molecule has 1 aliphatic heterocycles. The first-order valence-electron chi connectivity index (χ1n) is 6.89. The van der Waals surface area contributed by atoms with Gasteiger partial charge in [0.05, 0.1) is 0 Å². The number of carbonyl (C=O) groups excluding carboxylic acids is 1. The summed E-state index contributed by atoms with van der Waals surface area (Å²) in [6.45, 7) is 3.05. The van der Waals surface area contributed by atoms with Gasteiger partial charge >= 0.3 is 0 Å². The molecule has 0 aromatic heterocycles. The van der Waals surface area contributed by atoms with Crippen LogP contribution in [0.4, 0.5) is 0 Å². The van der Waals surface area contributed by atoms with Crippen LogP contribution in [0.1, 0.15) is 32.1 Å². The fourth-order valence-corrected chi connectivity index (χ4v) is 2.87. The molecule has 0 aromatic rings. The second-order valence-corrected chi connectivity index (χ2v) is 5.30. The van der Waals surface area contributed by atoms with Crippen molar-refractivity contribution >= 4 is 5.91 Å². The number of likely N-dealkylation sites (tertiary alicyclic amines) is 1. The predicted molar refractivity (Wildman–Crippen MR) is 69.7 cm³/mol. The number of carbonyl (C=O) groups is 1. The number of piperidine rings is 1. The van der Waals surface area contributed by atoms with Gasteiger partial charge in [-0.1, -0.05) is 12.2 Å². The number of allylic oxidation sites excluding steroid dienone is 2. The van der Waals surface area contributed by atoms with Crippen molar-refractivity contribution in [1.82, 2.24) is 10.2 Å². The SMILES string of the molecule is CNCCC1CCN(C(=O)C2CC=CC2)CC1. The summed E-state index contributed by atoms with van der Waals surface area (Å²) >= 11 is 0. The van der Waals surface area contributed by atoms with Crippen molar-refractivity contribution in [3.63, 3.8) is 0 Å². The van der Waals surface area contributed by atoms with Gasteiger partial charge < -0.3 is 10.2 Å². The van der Waals surface area contributed by atoms with Gasteiger partial charge in [0.2, 0.25) is 5.91 Å². The molecule has 2 aliphatic rings. The molecule has 1 saturated heterocycles. The van der Waals surface area contributed by atoms with Gasteiger partial charge in [0, 0.05) is 19.0 Å². The van der Waals surface area contributed by atoms with E-state index in [0.717, 1.165) is 38.4 Å². The second kappa shape index (κ2) is 6.20. The van der Waals surface area contributed by atoms with E-state index in [2.05, 4.69) is 22.4 Å². The van der Waals surface area contributed by atoms with Crippen LogP contribution in [0.2, 0.25) is 0 Å². The summed E-state index contributed by atoms with van der Waals surface area (Å²) < 4.78 is 0. The highest BCUT2D eigenvalue weighted by atomic mass is 16.2. The highest BCUT2D eigenvalue weighted by Crippen LogP contribution is 2.25. The van der Waals surface area contributed by atoms with Gasteiger partial charge in [-0.3, -0.25) is 4.79 Å². The lowest BCUT2D eigenvalue weighted by atomic mass is 9.92. The van der Waals surface area contributed by atoms with E-state index in [4.69, 9.17) is 0 Å². The lowest BCUT2D eigenvalue weighted by Crippen LogP contribution is -2.41. The zero-order valence-electron chi connectivity index (χ0n) is 10.8. The minimum Gasteiger partial charge on any atom is -0.342 e.